The van der Waals surface area contributed by atoms with Crippen molar-refractivity contribution in [3.05, 3.63) is 0 Å². The molecule has 4 bridgehead atoms. The summed E-state index contributed by atoms with van der Waals surface area (Å²) < 4.78 is 23.3. The van der Waals surface area contributed by atoms with E-state index in [1.165, 1.54) is 19.3 Å². The third-order valence-electron chi connectivity index (χ3n) is 6.37. The van der Waals surface area contributed by atoms with Crippen molar-refractivity contribution in [2.45, 2.75) is 64.5 Å². The van der Waals surface area contributed by atoms with E-state index in [0.717, 1.165) is 37.0 Å². The Kier molecular flexibility index (Phi) is 6.11. The number of nitrogens with one attached hydrogen (secondary N) is 1. The first-order chi connectivity index (χ1) is 12.4. The summed E-state index contributed by atoms with van der Waals surface area (Å²) in [7, 11) is -3.46. The zero-order chi connectivity index (χ0) is 18.8. The molecule has 0 aromatic rings. The van der Waals surface area contributed by atoms with Crippen LogP contribution in [0.15, 0.2) is 0 Å². The molecule has 0 aliphatic heterocycles. The van der Waals surface area contributed by atoms with Gasteiger partial charge in [-0.05, 0) is 76.5 Å². The summed E-state index contributed by atoms with van der Waals surface area (Å²) in [6, 6.07) is 2.06. The van der Waals surface area contributed by atoms with Gasteiger partial charge >= 0.3 is 7.60 Å². The Morgan fingerprint density at radius 2 is 1.65 bits per heavy atom. The van der Waals surface area contributed by atoms with E-state index < -0.39 is 13.3 Å². The standard InChI is InChI=1S/C19H31N2O4P/c1-3-24-26(23,25-4-2)17(13-20)5-6-21-18(22)19-10-14-7-15(11-19)9-16(8-14)12-19/h14-17H,3-12H2,1-2H3,(H,21,22). The molecule has 146 valence electrons. The Balaban J connectivity index is 1.56. The Hall–Kier alpha value is -0.890. The monoisotopic (exact) mass is 382 g/mol. The molecule has 7 heteroatoms. The lowest BCUT2D eigenvalue weighted by molar-refractivity contribution is -0.146. The van der Waals surface area contributed by atoms with Crippen molar-refractivity contribution in [3.63, 3.8) is 0 Å². The van der Waals surface area contributed by atoms with Gasteiger partial charge in [0.2, 0.25) is 5.91 Å². The third kappa shape index (κ3) is 3.86. The first kappa shape index (κ1) is 19.9. The van der Waals surface area contributed by atoms with E-state index in [9.17, 15) is 14.6 Å². The number of nitriles is 1. The van der Waals surface area contributed by atoms with E-state index in [1.54, 1.807) is 13.8 Å². The quantitative estimate of drug-likeness (QED) is 0.612. The van der Waals surface area contributed by atoms with Crippen molar-refractivity contribution in [2.75, 3.05) is 19.8 Å². The van der Waals surface area contributed by atoms with E-state index >= 15 is 0 Å². The SMILES string of the molecule is CCOP(=O)(OCC)C(C#N)CCNC(=O)C12CC3CC(CC(C3)C1)C2. The number of hydrogen-bond donors (Lipinski definition) is 1. The lowest BCUT2D eigenvalue weighted by Crippen LogP contribution is -2.53. The van der Waals surface area contributed by atoms with Crippen LogP contribution in [0.3, 0.4) is 0 Å². The number of rotatable bonds is 9. The van der Waals surface area contributed by atoms with Crippen LogP contribution >= 0.6 is 7.60 Å². The van der Waals surface area contributed by atoms with Gasteiger partial charge in [0.05, 0.1) is 19.3 Å². The Morgan fingerprint density at radius 1 is 1.15 bits per heavy atom. The molecular formula is C19H31N2O4P. The lowest BCUT2D eigenvalue weighted by atomic mass is 9.49. The molecule has 0 heterocycles. The predicted octanol–water partition coefficient (Wildman–Crippen LogP) is 3.87. The van der Waals surface area contributed by atoms with Crippen molar-refractivity contribution in [1.82, 2.24) is 5.32 Å². The van der Waals surface area contributed by atoms with Crippen LogP contribution in [0.25, 0.3) is 0 Å². The van der Waals surface area contributed by atoms with Crippen LogP contribution in [-0.4, -0.2) is 31.3 Å². The first-order valence-corrected chi connectivity index (χ1v) is 11.6. The molecule has 0 radical (unpaired) electrons. The summed E-state index contributed by atoms with van der Waals surface area (Å²) in [5.74, 6) is 2.29. The second-order valence-corrected chi connectivity index (χ2v) is 10.5. The molecule has 4 aliphatic carbocycles. The van der Waals surface area contributed by atoms with Crippen LogP contribution in [0.2, 0.25) is 0 Å². The van der Waals surface area contributed by atoms with E-state index in [2.05, 4.69) is 11.4 Å². The summed E-state index contributed by atoms with van der Waals surface area (Å²) >= 11 is 0. The van der Waals surface area contributed by atoms with E-state index in [-0.39, 0.29) is 31.0 Å². The highest BCUT2D eigenvalue weighted by atomic mass is 31.2. The molecule has 26 heavy (non-hydrogen) atoms. The van der Waals surface area contributed by atoms with Gasteiger partial charge in [0.1, 0.15) is 5.66 Å². The molecule has 4 saturated carbocycles. The minimum atomic E-state index is -3.46. The van der Waals surface area contributed by atoms with Crippen molar-refractivity contribution >= 4 is 13.5 Å². The normalized spacial score (nSPS) is 33.7. The van der Waals surface area contributed by atoms with Gasteiger partial charge in [0, 0.05) is 12.0 Å². The molecule has 1 atom stereocenters. The van der Waals surface area contributed by atoms with Gasteiger partial charge < -0.3 is 14.4 Å². The first-order valence-electron chi connectivity index (χ1n) is 10.0. The zero-order valence-electron chi connectivity index (χ0n) is 15.9. The van der Waals surface area contributed by atoms with Crippen molar-refractivity contribution < 1.29 is 18.4 Å². The van der Waals surface area contributed by atoms with Crippen LogP contribution in [-0.2, 0) is 18.4 Å². The molecule has 0 aromatic carbocycles. The van der Waals surface area contributed by atoms with Crippen molar-refractivity contribution in [1.29, 1.82) is 5.26 Å². The van der Waals surface area contributed by atoms with Gasteiger partial charge in [-0.15, -0.1) is 0 Å². The van der Waals surface area contributed by atoms with Crippen LogP contribution in [0.5, 0.6) is 0 Å². The molecule has 1 unspecified atom stereocenters. The minimum Gasteiger partial charge on any atom is -0.356 e. The van der Waals surface area contributed by atoms with Crippen LogP contribution in [0.1, 0.15) is 58.8 Å². The molecule has 4 aliphatic rings. The van der Waals surface area contributed by atoms with Crippen molar-refractivity contribution in [2.24, 2.45) is 23.2 Å². The maximum absolute atomic E-state index is 12.9. The molecule has 1 N–H and O–H groups in total. The van der Waals surface area contributed by atoms with Gasteiger partial charge in [-0.25, -0.2) is 0 Å². The zero-order valence-corrected chi connectivity index (χ0v) is 16.8. The van der Waals surface area contributed by atoms with Gasteiger partial charge in [-0.2, -0.15) is 5.26 Å². The molecule has 4 fully saturated rings. The Morgan fingerprint density at radius 3 is 2.08 bits per heavy atom. The highest BCUT2D eigenvalue weighted by molar-refractivity contribution is 7.55. The Bertz CT molecular complexity index is 570. The smallest absolute Gasteiger partial charge is 0.347 e. The van der Waals surface area contributed by atoms with Gasteiger partial charge in [0.15, 0.2) is 0 Å². The van der Waals surface area contributed by atoms with Crippen LogP contribution in [0, 0.1) is 34.5 Å². The number of nitrogens with zero attached hydrogens (tertiary/aromatic N) is 1. The van der Waals surface area contributed by atoms with E-state index in [4.69, 9.17) is 9.05 Å². The lowest BCUT2D eigenvalue weighted by Gasteiger charge is -2.55. The highest BCUT2D eigenvalue weighted by Crippen LogP contribution is 2.60. The van der Waals surface area contributed by atoms with Crippen LogP contribution < -0.4 is 5.32 Å². The summed E-state index contributed by atoms with van der Waals surface area (Å²) in [6.45, 7) is 4.26. The molecular weight excluding hydrogens is 351 g/mol. The summed E-state index contributed by atoms with van der Waals surface area (Å²) in [4.78, 5) is 12.9. The predicted molar refractivity (Wildman–Crippen MR) is 98.5 cm³/mol. The fourth-order valence-corrected chi connectivity index (χ4v) is 7.51. The van der Waals surface area contributed by atoms with Gasteiger partial charge in [0.25, 0.3) is 0 Å². The number of hydrogen-bond acceptors (Lipinski definition) is 5. The average molecular weight is 382 g/mol. The number of carbonyl (C=O) groups is 1. The summed E-state index contributed by atoms with van der Waals surface area (Å²) in [6.07, 6.45) is 7.24. The molecule has 0 spiro atoms. The molecule has 0 aromatic heterocycles. The molecule has 0 saturated heterocycles. The topological polar surface area (TPSA) is 88.4 Å². The minimum absolute atomic E-state index is 0.135. The fraction of sp³-hybridized carbons (Fsp3) is 0.895. The number of carbonyl (C=O) groups excluding carboxylic acids is 1. The molecule has 6 nitrogen and oxygen atoms in total. The highest BCUT2D eigenvalue weighted by Gasteiger charge is 2.54. The second-order valence-electron chi connectivity index (χ2n) is 8.26. The van der Waals surface area contributed by atoms with Gasteiger partial charge in [-0.1, -0.05) is 0 Å². The fourth-order valence-electron chi connectivity index (χ4n) is 5.77. The second kappa shape index (κ2) is 8.00. The van der Waals surface area contributed by atoms with E-state index in [0.29, 0.717) is 6.54 Å². The molecule has 4 rings (SSSR count). The largest absolute Gasteiger partial charge is 0.356 e. The third-order valence-corrected chi connectivity index (χ3v) is 8.75. The summed E-state index contributed by atoms with van der Waals surface area (Å²) in [5.41, 5.74) is -1.04. The summed E-state index contributed by atoms with van der Waals surface area (Å²) in [5, 5.41) is 12.5. The van der Waals surface area contributed by atoms with E-state index in [1.807, 2.05) is 0 Å². The average Bonchev–Trinajstić information content (AvgIpc) is 2.57. The Labute approximate surface area is 156 Å². The number of amides is 1. The maximum Gasteiger partial charge on any atom is 0.347 e. The van der Waals surface area contributed by atoms with Crippen molar-refractivity contribution in [3.8, 4) is 6.07 Å². The molecule has 1 amide bonds. The van der Waals surface area contributed by atoms with Crippen LogP contribution in [0.4, 0.5) is 0 Å². The van der Waals surface area contributed by atoms with Gasteiger partial charge in [-0.3, -0.25) is 9.36 Å². The maximum atomic E-state index is 12.9.